The van der Waals surface area contributed by atoms with Crippen molar-refractivity contribution in [2.45, 2.75) is 6.92 Å². The van der Waals surface area contributed by atoms with Gasteiger partial charge in [0.15, 0.2) is 5.69 Å². The number of phenolic OH excluding ortho intramolecular Hbond substituents is 1. The Hall–Kier alpha value is -2.99. The zero-order chi connectivity index (χ0) is 22.6. The van der Waals surface area contributed by atoms with Crippen molar-refractivity contribution in [3.8, 4) is 22.8 Å². The van der Waals surface area contributed by atoms with Gasteiger partial charge in [0.1, 0.15) is 28.2 Å². The molecule has 0 saturated carbocycles. The number of benzene rings is 2. The first kappa shape index (κ1) is 22.7. The average molecular weight is 465 g/mol. The summed E-state index contributed by atoms with van der Waals surface area (Å²) in [5.41, 5.74) is 2.56. The summed E-state index contributed by atoms with van der Waals surface area (Å²) in [6.45, 7) is 1.95. The van der Waals surface area contributed by atoms with Crippen molar-refractivity contribution in [2.24, 2.45) is 0 Å². The third-order valence-electron chi connectivity index (χ3n) is 3.98. The summed E-state index contributed by atoms with van der Waals surface area (Å²) < 4.78 is 45.2. The molecule has 0 aliphatic heterocycles. The molecule has 31 heavy (non-hydrogen) atoms. The Bertz CT molecular complexity index is 1240. The van der Waals surface area contributed by atoms with E-state index in [4.69, 9.17) is 27.8 Å². The van der Waals surface area contributed by atoms with Gasteiger partial charge in [0.2, 0.25) is 0 Å². The molecular weight excluding hydrogens is 448 g/mol. The summed E-state index contributed by atoms with van der Waals surface area (Å²) in [6, 6.07) is 14.6. The minimum absolute atomic E-state index is 0.184. The third kappa shape index (κ3) is 6.49. The van der Waals surface area contributed by atoms with E-state index in [1.807, 2.05) is 42.6 Å². The van der Waals surface area contributed by atoms with Crippen molar-refractivity contribution in [1.29, 1.82) is 0 Å². The fourth-order valence-corrected chi connectivity index (χ4v) is 3.40. The Kier molecular flexibility index (Phi) is 6.91. The van der Waals surface area contributed by atoms with E-state index in [1.165, 1.54) is 11.3 Å². The highest BCUT2D eigenvalue weighted by molar-refractivity contribution is 7.12. The Morgan fingerprint density at radius 2 is 1.74 bits per heavy atom. The van der Waals surface area contributed by atoms with E-state index in [0.717, 1.165) is 32.9 Å². The van der Waals surface area contributed by atoms with Gasteiger partial charge in [-0.05, 0) is 47.4 Å². The number of hydrogen-bond donors (Lipinski definition) is 2. The number of aryl methyl sites for hydroxylation is 1. The zero-order valence-electron chi connectivity index (χ0n) is 16.3. The molecule has 9 nitrogen and oxygen atoms in total. The molecule has 0 unspecified atom stereocenters. The van der Waals surface area contributed by atoms with Crippen LogP contribution in [0.5, 0.6) is 11.5 Å². The highest BCUT2D eigenvalue weighted by atomic mass is 35.7. The number of phenols is 1. The minimum atomic E-state index is -4.94. The largest absolute Gasteiger partial charge is 0.508 e. The van der Waals surface area contributed by atoms with Crippen LogP contribution in [0.15, 0.2) is 58.3 Å². The Morgan fingerprint density at radius 1 is 1.06 bits per heavy atom. The molecule has 162 valence electrons. The van der Waals surface area contributed by atoms with Crippen molar-refractivity contribution >= 4 is 27.4 Å². The maximum Gasteiger partial charge on any atom is 0.380 e. The van der Waals surface area contributed by atoms with E-state index in [2.05, 4.69) is 9.98 Å². The van der Waals surface area contributed by atoms with E-state index in [-0.39, 0.29) is 5.75 Å². The van der Waals surface area contributed by atoms with Crippen LogP contribution in [0.2, 0.25) is 0 Å². The number of nitrogens with zero attached hydrogens (tertiary/aromatic N) is 1. The summed E-state index contributed by atoms with van der Waals surface area (Å²) in [4.78, 5) is 7.80. The molecule has 0 atom stereocenters. The van der Waals surface area contributed by atoms with Crippen molar-refractivity contribution in [1.82, 2.24) is 4.98 Å². The van der Waals surface area contributed by atoms with Gasteiger partial charge in [-0.1, -0.05) is 11.3 Å². The lowest BCUT2D eigenvalue weighted by Crippen LogP contribution is -2.70. The quantitative estimate of drug-likeness (QED) is 0.356. The number of thiazole rings is 1. The van der Waals surface area contributed by atoms with E-state index in [0.29, 0.717) is 11.3 Å². The third-order valence-corrected chi connectivity index (χ3v) is 4.86. The number of halogens is 1. The Labute approximate surface area is 182 Å². The predicted octanol–water partition coefficient (Wildman–Crippen LogP) is -1.86. The molecule has 2 heterocycles. The van der Waals surface area contributed by atoms with Crippen LogP contribution in [0.1, 0.15) is 5.69 Å². The number of aromatic hydroxyl groups is 1. The second kappa shape index (κ2) is 9.43. The summed E-state index contributed by atoms with van der Waals surface area (Å²) in [5, 5.41) is 14.3. The molecule has 2 N–H and O–H groups in total. The molecule has 0 fully saturated rings. The van der Waals surface area contributed by atoms with Crippen LogP contribution in [-0.4, -0.2) is 17.2 Å². The molecule has 2 aromatic carbocycles. The van der Waals surface area contributed by atoms with Gasteiger partial charge in [-0.15, -0.1) is 10.2 Å². The maximum absolute atomic E-state index is 9.87. The van der Waals surface area contributed by atoms with Gasteiger partial charge >= 0.3 is 5.13 Å². The van der Waals surface area contributed by atoms with Crippen LogP contribution in [0, 0.1) is 17.2 Å². The molecule has 0 spiro atoms. The minimum Gasteiger partial charge on any atom is -0.508 e. The van der Waals surface area contributed by atoms with Crippen LogP contribution in [0.4, 0.5) is 5.13 Å². The van der Waals surface area contributed by atoms with E-state index < -0.39 is 10.2 Å². The van der Waals surface area contributed by atoms with Crippen LogP contribution in [0.25, 0.3) is 22.3 Å². The Balaban J connectivity index is 0.000000491. The number of ether oxygens (including phenoxy) is 1. The lowest BCUT2D eigenvalue weighted by Gasteiger charge is -2.17. The fourth-order valence-electron chi connectivity index (χ4n) is 2.70. The topological polar surface area (TPSA) is 162 Å². The van der Waals surface area contributed by atoms with E-state index in [1.54, 1.807) is 25.3 Å². The zero-order valence-corrected chi connectivity index (χ0v) is 17.9. The van der Waals surface area contributed by atoms with Gasteiger partial charge in [0.25, 0.3) is 0 Å². The van der Waals surface area contributed by atoms with E-state index >= 15 is 0 Å². The molecule has 11 heteroatoms. The molecule has 0 amide bonds. The van der Waals surface area contributed by atoms with Crippen LogP contribution >= 0.6 is 11.3 Å². The Morgan fingerprint density at radius 3 is 2.32 bits per heavy atom. The number of hydrogen-bond acceptors (Lipinski definition) is 9. The molecule has 0 radical (unpaired) electrons. The lowest BCUT2D eigenvalue weighted by atomic mass is 10.1. The number of methoxy groups -OCH3 is 1. The first-order valence-corrected chi connectivity index (χ1v) is 10.8. The average Bonchev–Trinajstić information content (AvgIpc) is 3.11. The second-order valence-corrected chi connectivity index (χ2v) is 7.84. The van der Waals surface area contributed by atoms with Crippen molar-refractivity contribution in [3.05, 3.63) is 65.0 Å². The summed E-state index contributed by atoms with van der Waals surface area (Å²) >= 11 is 1.53. The van der Waals surface area contributed by atoms with Crippen molar-refractivity contribution in [3.63, 3.8) is 0 Å². The number of fused-ring (bicyclic) bond motifs is 1. The highest BCUT2D eigenvalue weighted by Gasteiger charge is 2.11. The predicted molar refractivity (Wildman–Crippen MR) is 100 cm³/mol. The van der Waals surface area contributed by atoms with Gasteiger partial charge in [0, 0.05) is 23.9 Å². The first-order chi connectivity index (χ1) is 14.6. The number of nitrogens with one attached hydrogen (secondary N) is 1. The van der Waals surface area contributed by atoms with Gasteiger partial charge in [-0.3, -0.25) is 0 Å². The van der Waals surface area contributed by atoms with Crippen LogP contribution in [-0.2, 0) is 0 Å². The summed E-state index contributed by atoms with van der Waals surface area (Å²) in [7, 11) is -3.31. The number of aromatic nitrogens is 1. The van der Waals surface area contributed by atoms with Gasteiger partial charge < -0.3 is 14.3 Å². The molecule has 0 aliphatic rings. The van der Waals surface area contributed by atoms with Gasteiger partial charge in [-0.25, -0.2) is 23.6 Å². The second-order valence-electron chi connectivity index (χ2n) is 6.23. The van der Waals surface area contributed by atoms with Crippen LogP contribution < -0.4 is 33.7 Å². The summed E-state index contributed by atoms with van der Waals surface area (Å²) in [6.07, 6.45) is 0. The van der Waals surface area contributed by atoms with Crippen molar-refractivity contribution in [2.75, 3.05) is 7.11 Å². The van der Waals surface area contributed by atoms with Gasteiger partial charge in [-0.2, -0.15) is 0 Å². The smallest absolute Gasteiger partial charge is 0.380 e. The van der Waals surface area contributed by atoms with Gasteiger partial charge in [0.05, 0.1) is 12.5 Å². The number of rotatable bonds is 3. The molecule has 0 bridgehead atoms. The molecule has 4 rings (SSSR count). The molecule has 2 aromatic heterocycles. The summed E-state index contributed by atoms with van der Waals surface area (Å²) in [5.74, 6) is 1.68. The van der Waals surface area contributed by atoms with E-state index in [9.17, 15) is 5.11 Å². The molecule has 0 saturated heterocycles. The van der Waals surface area contributed by atoms with Crippen molar-refractivity contribution < 1.29 is 48.1 Å². The highest BCUT2D eigenvalue weighted by Crippen LogP contribution is 2.25. The lowest BCUT2D eigenvalue weighted by molar-refractivity contribution is -2.00. The SMILES string of the molecule is COc1ccc(-c2c/c(=[NH+]\c3nc(C)cs3)c3cc(O)ccc3o2)cc1.[O-][Cl+3]([O-])([O-])[O-]. The fraction of sp³-hybridized carbons (Fsp3) is 0.100. The monoisotopic (exact) mass is 464 g/mol. The van der Waals surface area contributed by atoms with Crippen LogP contribution in [0.3, 0.4) is 0 Å². The molecular formula is C20H17ClN2O7S. The standard InChI is InChI=1S/C20H16N2O3S.ClHO4/c1-12-11-26-20(21-12)22-17-10-19(13-3-6-15(24-2)7-4-13)25-18-8-5-14(23)9-16(17)18;2-1(3,4)5/h3-11,23H,1-2H3;(H,2,3,4,5)/b22-17+;. The molecule has 0 aliphatic carbocycles. The first-order valence-electron chi connectivity index (χ1n) is 8.67. The molecule has 4 aromatic rings. The normalized spacial score (nSPS) is 11.9. The maximum atomic E-state index is 9.87.